The quantitative estimate of drug-likeness (QED) is 0.572. The fourth-order valence-electron chi connectivity index (χ4n) is 1.55. The zero-order valence-corrected chi connectivity index (χ0v) is 7.62. The SMILES string of the molecule is CC(O)C1CCCN1C.CO. The van der Waals surface area contributed by atoms with Crippen LogP contribution in [0.2, 0.25) is 0 Å². The molecule has 0 aromatic carbocycles. The molecule has 0 spiro atoms. The summed E-state index contributed by atoms with van der Waals surface area (Å²) in [6.07, 6.45) is 2.25. The lowest BCUT2D eigenvalue weighted by atomic mass is 10.1. The second kappa shape index (κ2) is 5.52. The molecule has 1 saturated heterocycles. The van der Waals surface area contributed by atoms with E-state index in [0.717, 1.165) is 20.1 Å². The standard InChI is InChI=1S/C7H15NO.CH4O/c1-6(9)7-4-3-5-8(7)2;1-2/h6-7,9H,3-5H2,1-2H3;2H,1H3. The monoisotopic (exact) mass is 161 g/mol. The number of hydrogen-bond donors (Lipinski definition) is 2. The molecule has 2 unspecified atom stereocenters. The molecule has 1 aliphatic heterocycles. The van der Waals surface area contributed by atoms with Crippen LogP contribution < -0.4 is 0 Å². The molecule has 2 atom stereocenters. The predicted molar refractivity (Wildman–Crippen MR) is 45.5 cm³/mol. The highest BCUT2D eigenvalue weighted by molar-refractivity contribution is 4.79. The van der Waals surface area contributed by atoms with E-state index in [9.17, 15) is 5.11 Å². The molecule has 0 aliphatic carbocycles. The van der Waals surface area contributed by atoms with Gasteiger partial charge in [-0.15, -0.1) is 0 Å². The smallest absolute Gasteiger partial charge is 0.0667 e. The van der Waals surface area contributed by atoms with Crippen molar-refractivity contribution in [1.82, 2.24) is 4.90 Å². The molecule has 0 saturated carbocycles. The highest BCUT2D eigenvalue weighted by Gasteiger charge is 2.24. The van der Waals surface area contributed by atoms with Crippen LogP contribution in [-0.4, -0.2) is 48.0 Å². The van der Waals surface area contributed by atoms with E-state index in [-0.39, 0.29) is 6.10 Å². The molecule has 0 bridgehead atoms. The number of likely N-dealkylation sites (N-methyl/N-ethyl adjacent to an activating group) is 1. The van der Waals surface area contributed by atoms with E-state index in [1.54, 1.807) is 0 Å². The van der Waals surface area contributed by atoms with Crippen molar-refractivity contribution in [3.8, 4) is 0 Å². The summed E-state index contributed by atoms with van der Waals surface area (Å²) >= 11 is 0. The summed E-state index contributed by atoms with van der Waals surface area (Å²) in [5.41, 5.74) is 0. The minimum absolute atomic E-state index is 0.155. The molecule has 2 N–H and O–H groups in total. The first-order chi connectivity index (χ1) is 5.22. The molecule has 11 heavy (non-hydrogen) atoms. The van der Waals surface area contributed by atoms with Crippen molar-refractivity contribution in [2.45, 2.75) is 31.9 Å². The number of hydrogen-bond acceptors (Lipinski definition) is 3. The van der Waals surface area contributed by atoms with Gasteiger partial charge in [-0.3, -0.25) is 0 Å². The zero-order chi connectivity index (χ0) is 8.85. The first kappa shape index (κ1) is 10.9. The Bertz CT molecular complexity index is 96.1. The molecule has 1 heterocycles. The van der Waals surface area contributed by atoms with Crippen LogP contribution >= 0.6 is 0 Å². The van der Waals surface area contributed by atoms with Crippen molar-refractivity contribution in [3.63, 3.8) is 0 Å². The summed E-state index contributed by atoms with van der Waals surface area (Å²) in [4.78, 5) is 2.23. The van der Waals surface area contributed by atoms with Crippen LogP contribution in [0.25, 0.3) is 0 Å². The fraction of sp³-hybridized carbons (Fsp3) is 1.00. The predicted octanol–water partition coefficient (Wildman–Crippen LogP) is 0.0699. The molecule has 68 valence electrons. The molecule has 1 fully saturated rings. The maximum atomic E-state index is 9.18. The van der Waals surface area contributed by atoms with Gasteiger partial charge in [0.05, 0.1) is 6.10 Å². The Balaban J connectivity index is 0.000000461. The van der Waals surface area contributed by atoms with E-state index in [0.29, 0.717) is 6.04 Å². The normalized spacial score (nSPS) is 27.5. The Hall–Kier alpha value is -0.120. The average molecular weight is 161 g/mol. The Kier molecular flexibility index (Phi) is 5.46. The maximum Gasteiger partial charge on any atom is 0.0667 e. The summed E-state index contributed by atoms with van der Waals surface area (Å²) in [6, 6.07) is 0.421. The van der Waals surface area contributed by atoms with E-state index >= 15 is 0 Å². The molecular formula is C8H19NO2. The van der Waals surface area contributed by atoms with Crippen molar-refractivity contribution in [3.05, 3.63) is 0 Å². The third-order valence-corrected chi connectivity index (χ3v) is 2.13. The van der Waals surface area contributed by atoms with Gasteiger partial charge in [-0.1, -0.05) is 0 Å². The van der Waals surface area contributed by atoms with Gasteiger partial charge in [0, 0.05) is 13.2 Å². The largest absolute Gasteiger partial charge is 0.400 e. The van der Waals surface area contributed by atoms with Crippen molar-refractivity contribution >= 4 is 0 Å². The van der Waals surface area contributed by atoms with Gasteiger partial charge in [-0.2, -0.15) is 0 Å². The number of aliphatic hydroxyl groups is 2. The van der Waals surface area contributed by atoms with E-state index in [1.807, 2.05) is 6.92 Å². The van der Waals surface area contributed by atoms with Crippen molar-refractivity contribution < 1.29 is 10.2 Å². The van der Waals surface area contributed by atoms with Gasteiger partial charge in [-0.05, 0) is 33.4 Å². The van der Waals surface area contributed by atoms with Crippen molar-refractivity contribution in [2.24, 2.45) is 0 Å². The van der Waals surface area contributed by atoms with Gasteiger partial charge < -0.3 is 15.1 Å². The van der Waals surface area contributed by atoms with E-state index in [1.165, 1.54) is 6.42 Å². The molecule has 0 aromatic heterocycles. The average Bonchev–Trinajstić information content (AvgIpc) is 2.39. The van der Waals surface area contributed by atoms with Gasteiger partial charge >= 0.3 is 0 Å². The van der Waals surface area contributed by atoms with Gasteiger partial charge in [-0.25, -0.2) is 0 Å². The second-order valence-corrected chi connectivity index (χ2v) is 2.93. The molecule has 0 radical (unpaired) electrons. The van der Waals surface area contributed by atoms with Crippen LogP contribution in [0.3, 0.4) is 0 Å². The van der Waals surface area contributed by atoms with Crippen LogP contribution in [0.1, 0.15) is 19.8 Å². The van der Waals surface area contributed by atoms with Crippen LogP contribution in [-0.2, 0) is 0 Å². The number of aliphatic hydroxyl groups excluding tert-OH is 2. The van der Waals surface area contributed by atoms with Crippen LogP contribution in [0.5, 0.6) is 0 Å². The molecule has 1 rings (SSSR count). The van der Waals surface area contributed by atoms with Gasteiger partial charge in [0.2, 0.25) is 0 Å². The first-order valence-corrected chi connectivity index (χ1v) is 4.05. The lowest BCUT2D eigenvalue weighted by molar-refractivity contribution is 0.101. The van der Waals surface area contributed by atoms with E-state index < -0.39 is 0 Å². The topological polar surface area (TPSA) is 43.7 Å². The lowest BCUT2D eigenvalue weighted by Crippen LogP contribution is -2.34. The third-order valence-electron chi connectivity index (χ3n) is 2.13. The van der Waals surface area contributed by atoms with Crippen LogP contribution in [0.4, 0.5) is 0 Å². The Labute approximate surface area is 68.6 Å². The molecule has 0 amide bonds. The highest BCUT2D eigenvalue weighted by atomic mass is 16.3. The highest BCUT2D eigenvalue weighted by Crippen LogP contribution is 2.17. The minimum atomic E-state index is -0.155. The summed E-state index contributed by atoms with van der Waals surface area (Å²) in [6.45, 7) is 3.02. The Morgan fingerprint density at radius 1 is 1.45 bits per heavy atom. The maximum absolute atomic E-state index is 9.18. The van der Waals surface area contributed by atoms with Gasteiger partial charge in [0.25, 0.3) is 0 Å². The summed E-state index contributed by atoms with van der Waals surface area (Å²) in [5, 5.41) is 16.2. The van der Waals surface area contributed by atoms with E-state index in [2.05, 4.69) is 11.9 Å². The fourth-order valence-corrected chi connectivity index (χ4v) is 1.55. The minimum Gasteiger partial charge on any atom is -0.400 e. The van der Waals surface area contributed by atoms with Gasteiger partial charge in [0.1, 0.15) is 0 Å². The third kappa shape index (κ3) is 3.18. The molecule has 0 aromatic rings. The van der Waals surface area contributed by atoms with Crippen molar-refractivity contribution in [1.29, 1.82) is 0 Å². The number of rotatable bonds is 1. The lowest BCUT2D eigenvalue weighted by Gasteiger charge is -2.21. The summed E-state index contributed by atoms with van der Waals surface area (Å²) < 4.78 is 0. The van der Waals surface area contributed by atoms with Crippen LogP contribution in [0.15, 0.2) is 0 Å². The summed E-state index contributed by atoms with van der Waals surface area (Å²) in [7, 11) is 3.07. The second-order valence-electron chi connectivity index (χ2n) is 2.93. The first-order valence-electron chi connectivity index (χ1n) is 4.05. The Morgan fingerprint density at radius 2 is 2.00 bits per heavy atom. The van der Waals surface area contributed by atoms with Crippen LogP contribution in [0, 0.1) is 0 Å². The molecule has 3 heteroatoms. The van der Waals surface area contributed by atoms with Gasteiger partial charge in [0.15, 0.2) is 0 Å². The van der Waals surface area contributed by atoms with E-state index in [4.69, 9.17) is 5.11 Å². The van der Waals surface area contributed by atoms with Crippen molar-refractivity contribution in [2.75, 3.05) is 20.7 Å². The molecule has 1 aliphatic rings. The Morgan fingerprint density at radius 3 is 2.18 bits per heavy atom. The summed E-state index contributed by atoms with van der Waals surface area (Å²) in [5.74, 6) is 0. The molecule has 3 nitrogen and oxygen atoms in total. The number of nitrogens with zero attached hydrogens (tertiary/aromatic N) is 1. The molecular weight excluding hydrogens is 142 g/mol. The number of likely N-dealkylation sites (tertiary alicyclic amines) is 1. The zero-order valence-electron chi connectivity index (χ0n) is 7.62.